The maximum Gasteiger partial charge on any atom is 0.207 e. The molecule has 1 aromatic rings. The Morgan fingerprint density at radius 2 is 1.38 bits per heavy atom. The van der Waals surface area contributed by atoms with Crippen LogP contribution in [-0.4, -0.2) is 23.9 Å². The highest BCUT2D eigenvalue weighted by atomic mass is 16.5. The van der Waals surface area contributed by atoms with Crippen LogP contribution in [0.5, 0.6) is 23.0 Å². The molecule has 0 bridgehead atoms. The van der Waals surface area contributed by atoms with E-state index >= 15 is 0 Å². The third-order valence-electron chi connectivity index (χ3n) is 4.50. The van der Waals surface area contributed by atoms with Crippen molar-refractivity contribution in [3.63, 3.8) is 0 Å². The number of hydrogen-bond acceptors (Lipinski definition) is 4. The number of phenols is 2. The number of rotatable bonds is 12. The molecule has 138 valence electrons. The summed E-state index contributed by atoms with van der Waals surface area (Å²) in [5.41, 5.74) is 1.44. The van der Waals surface area contributed by atoms with Crippen LogP contribution in [0.15, 0.2) is 0 Å². The summed E-state index contributed by atoms with van der Waals surface area (Å²) in [6.45, 7) is 6.29. The lowest BCUT2D eigenvalue weighted by atomic mass is 9.98. The largest absolute Gasteiger partial charge is 0.504 e. The highest BCUT2D eigenvalue weighted by Gasteiger charge is 2.23. The van der Waals surface area contributed by atoms with Gasteiger partial charge in [0.25, 0.3) is 0 Å². The molecule has 0 fully saturated rings. The van der Waals surface area contributed by atoms with Crippen molar-refractivity contribution in [2.75, 3.05) is 13.7 Å². The molecule has 0 saturated heterocycles. The Morgan fingerprint density at radius 3 is 1.92 bits per heavy atom. The molecule has 0 heterocycles. The van der Waals surface area contributed by atoms with Crippen LogP contribution in [-0.2, 0) is 6.42 Å². The van der Waals surface area contributed by atoms with Gasteiger partial charge in [0.05, 0.1) is 13.7 Å². The molecule has 4 heteroatoms. The number of benzene rings is 1. The molecule has 0 aromatic heterocycles. The molecule has 24 heavy (non-hydrogen) atoms. The third-order valence-corrected chi connectivity index (χ3v) is 4.50. The van der Waals surface area contributed by atoms with Crippen LogP contribution in [0.2, 0.25) is 0 Å². The number of hydrogen-bond donors (Lipinski definition) is 2. The van der Waals surface area contributed by atoms with Crippen molar-refractivity contribution in [1.82, 2.24) is 0 Å². The summed E-state index contributed by atoms with van der Waals surface area (Å²) in [6, 6.07) is 0. The number of ether oxygens (including phenoxy) is 2. The van der Waals surface area contributed by atoms with Gasteiger partial charge in [0.1, 0.15) is 0 Å². The maximum atomic E-state index is 10.5. The summed E-state index contributed by atoms with van der Waals surface area (Å²) in [5.74, 6) is 0.629. The van der Waals surface area contributed by atoms with Crippen LogP contribution < -0.4 is 9.47 Å². The molecule has 0 amide bonds. The predicted molar refractivity (Wildman–Crippen MR) is 98.5 cm³/mol. The second kappa shape index (κ2) is 11.1. The van der Waals surface area contributed by atoms with Crippen LogP contribution in [0.1, 0.15) is 76.3 Å². The van der Waals surface area contributed by atoms with Gasteiger partial charge in [0, 0.05) is 11.1 Å². The number of unbranched alkanes of at least 4 members (excludes halogenated alkanes) is 7. The summed E-state index contributed by atoms with van der Waals surface area (Å²) in [4.78, 5) is 0. The molecular formula is C20H34O4. The average Bonchev–Trinajstić information content (AvgIpc) is 2.58. The Morgan fingerprint density at radius 1 is 0.792 bits per heavy atom. The van der Waals surface area contributed by atoms with E-state index in [0.29, 0.717) is 12.2 Å². The lowest BCUT2D eigenvalue weighted by molar-refractivity contribution is 0.282. The van der Waals surface area contributed by atoms with Crippen molar-refractivity contribution < 1.29 is 19.7 Å². The second-order valence-electron chi connectivity index (χ2n) is 6.32. The van der Waals surface area contributed by atoms with Gasteiger partial charge in [-0.05, 0) is 26.7 Å². The van der Waals surface area contributed by atoms with Gasteiger partial charge in [-0.1, -0.05) is 51.9 Å². The predicted octanol–water partition coefficient (Wildman–Crippen LogP) is 5.50. The molecular weight excluding hydrogens is 304 g/mol. The van der Waals surface area contributed by atoms with E-state index in [1.54, 1.807) is 0 Å². The fourth-order valence-electron chi connectivity index (χ4n) is 3.05. The fraction of sp³-hybridized carbons (Fsp3) is 0.700. The Bertz CT molecular complexity index is 497. The fourth-order valence-corrected chi connectivity index (χ4v) is 3.05. The van der Waals surface area contributed by atoms with Crippen LogP contribution >= 0.6 is 0 Å². The Labute approximate surface area is 146 Å². The first-order valence-corrected chi connectivity index (χ1v) is 9.32. The second-order valence-corrected chi connectivity index (χ2v) is 6.32. The first-order valence-electron chi connectivity index (χ1n) is 9.32. The van der Waals surface area contributed by atoms with E-state index in [1.807, 2.05) is 13.8 Å². The molecule has 0 aliphatic heterocycles. The minimum absolute atomic E-state index is 0.0633. The Balaban J connectivity index is 2.64. The lowest BCUT2D eigenvalue weighted by Gasteiger charge is -2.18. The first-order chi connectivity index (χ1) is 11.6. The monoisotopic (exact) mass is 338 g/mol. The lowest BCUT2D eigenvalue weighted by Crippen LogP contribution is -2.01. The SMILES string of the molecule is CCCCCCCCCCc1c(C)c(O)c(OC)c(OCC)c1O. The van der Waals surface area contributed by atoms with E-state index < -0.39 is 0 Å². The molecule has 1 aromatic carbocycles. The van der Waals surface area contributed by atoms with Crippen molar-refractivity contribution >= 4 is 0 Å². The van der Waals surface area contributed by atoms with Crippen LogP contribution in [0.3, 0.4) is 0 Å². The quantitative estimate of drug-likeness (QED) is 0.390. The van der Waals surface area contributed by atoms with Crippen LogP contribution in [0, 0.1) is 6.92 Å². The zero-order valence-corrected chi connectivity index (χ0v) is 15.8. The summed E-state index contributed by atoms with van der Waals surface area (Å²) in [6.07, 6.45) is 10.6. The van der Waals surface area contributed by atoms with Crippen LogP contribution in [0.25, 0.3) is 0 Å². The van der Waals surface area contributed by atoms with E-state index in [4.69, 9.17) is 9.47 Å². The van der Waals surface area contributed by atoms with Gasteiger partial charge in [-0.2, -0.15) is 0 Å². The average molecular weight is 338 g/mol. The molecule has 0 aliphatic rings. The molecule has 0 unspecified atom stereocenters. The van der Waals surface area contributed by atoms with Gasteiger partial charge in [0.2, 0.25) is 11.5 Å². The van der Waals surface area contributed by atoms with Gasteiger partial charge in [-0.25, -0.2) is 0 Å². The zero-order chi connectivity index (χ0) is 17.9. The molecule has 0 atom stereocenters. The van der Waals surface area contributed by atoms with Crippen molar-refractivity contribution in [2.45, 2.75) is 78.6 Å². The number of phenolic OH excluding ortho intramolecular Hbond substituents is 2. The van der Waals surface area contributed by atoms with E-state index in [9.17, 15) is 10.2 Å². The molecule has 0 aliphatic carbocycles. The van der Waals surface area contributed by atoms with E-state index in [1.165, 1.54) is 45.6 Å². The number of aromatic hydroxyl groups is 2. The van der Waals surface area contributed by atoms with E-state index in [2.05, 4.69) is 6.92 Å². The summed E-state index contributed by atoms with van der Waals surface area (Å²) < 4.78 is 10.7. The first kappa shape index (κ1) is 20.5. The molecule has 2 N–H and O–H groups in total. The Hall–Kier alpha value is -1.58. The van der Waals surface area contributed by atoms with Gasteiger partial charge in [-0.3, -0.25) is 0 Å². The van der Waals surface area contributed by atoms with E-state index in [-0.39, 0.29) is 23.0 Å². The normalized spacial score (nSPS) is 10.8. The smallest absolute Gasteiger partial charge is 0.207 e. The van der Waals surface area contributed by atoms with Gasteiger partial charge in [0.15, 0.2) is 11.5 Å². The van der Waals surface area contributed by atoms with Gasteiger partial charge < -0.3 is 19.7 Å². The Kier molecular flexibility index (Phi) is 9.43. The molecule has 0 radical (unpaired) electrons. The third kappa shape index (κ3) is 5.50. The molecule has 1 rings (SSSR count). The van der Waals surface area contributed by atoms with Crippen molar-refractivity contribution in [2.24, 2.45) is 0 Å². The van der Waals surface area contributed by atoms with Crippen LogP contribution in [0.4, 0.5) is 0 Å². The molecule has 4 nitrogen and oxygen atoms in total. The van der Waals surface area contributed by atoms with Gasteiger partial charge >= 0.3 is 0 Å². The summed E-state index contributed by atoms with van der Waals surface area (Å²) >= 11 is 0. The maximum absolute atomic E-state index is 10.5. The highest BCUT2D eigenvalue weighted by molar-refractivity contribution is 5.65. The zero-order valence-electron chi connectivity index (χ0n) is 15.8. The van der Waals surface area contributed by atoms with Crippen molar-refractivity contribution in [3.8, 4) is 23.0 Å². The van der Waals surface area contributed by atoms with E-state index in [0.717, 1.165) is 24.8 Å². The van der Waals surface area contributed by atoms with Gasteiger partial charge in [-0.15, -0.1) is 0 Å². The number of methoxy groups -OCH3 is 1. The topological polar surface area (TPSA) is 58.9 Å². The molecule has 0 saturated carbocycles. The summed E-state index contributed by atoms with van der Waals surface area (Å²) in [5, 5.41) is 20.8. The van der Waals surface area contributed by atoms with Crippen molar-refractivity contribution in [3.05, 3.63) is 11.1 Å². The standard InChI is InChI=1S/C20H34O4/c1-5-7-8-9-10-11-12-13-14-16-15(3)17(21)19(23-4)20(18(16)22)24-6-2/h21-22H,5-14H2,1-4H3. The summed E-state index contributed by atoms with van der Waals surface area (Å²) in [7, 11) is 1.47. The molecule has 0 spiro atoms. The highest BCUT2D eigenvalue weighted by Crippen LogP contribution is 2.48. The minimum atomic E-state index is 0.0633. The van der Waals surface area contributed by atoms with Crippen molar-refractivity contribution in [1.29, 1.82) is 0 Å². The minimum Gasteiger partial charge on any atom is -0.504 e.